The number of likely N-dealkylation sites (tertiary alicyclic amines) is 2. The molecule has 2 rings (SSSR count). The van der Waals surface area contributed by atoms with Crippen molar-refractivity contribution in [2.75, 3.05) is 66.7 Å². The maximum absolute atomic E-state index is 5.71. The molecule has 2 fully saturated rings. The van der Waals surface area contributed by atoms with Gasteiger partial charge in [0.2, 0.25) is 0 Å². The van der Waals surface area contributed by atoms with Gasteiger partial charge in [-0.05, 0) is 38.5 Å². The quantitative estimate of drug-likeness (QED) is 0.236. The Kier molecular flexibility index (Phi) is 11.6. The third-order valence-corrected chi connectivity index (χ3v) is 5.99. The zero-order valence-corrected chi connectivity index (χ0v) is 21.2. The van der Waals surface area contributed by atoms with Crippen LogP contribution in [-0.2, 0) is 9.47 Å². The van der Waals surface area contributed by atoms with E-state index in [0.29, 0.717) is 19.1 Å². The SMILES string of the molecule is CN=C(NCC(C)(C)N1CC(C)CC(C)C1)N1CCC(COCCOC)C1.I. The summed E-state index contributed by atoms with van der Waals surface area (Å²) >= 11 is 0. The second-order valence-electron chi connectivity index (χ2n) is 9.23. The number of rotatable bonds is 8. The third kappa shape index (κ3) is 7.95. The Morgan fingerprint density at radius 3 is 2.43 bits per heavy atom. The van der Waals surface area contributed by atoms with Crippen molar-refractivity contribution in [3.63, 3.8) is 0 Å². The van der Waals surface area contributed by atoms with E-state index in [-0.39, 0.29) is 29.5 Å². The molecule has 1 N–H and O–H groups in total. The molecule has 0 spiro atoms. The van der Waals surface area contributed by atoms with Crippen LogP contribution >= 0.6 is 24.0 Å². The number of aliphatic imine (C=N–C) groups is 1. The van der Waals surface area contributed by atoms with E-state index < -0.39 is 0 Å². The zero-order chi connectivity index (χ0) is 19.9. The van der Waals surface area contributed by atoms with Crippen molar-refractivity contribution in [1.29, 1.82) is 0 Å². The molecule has 28 heavy (non-hydrogen) atoms. The van der Waals surface area contributed by atoms with E-state index in [9.17, 15) is 0 Å². The average molecular weight is 511 g/mol. The molecule has 166 valence electrons. The highest BCUT2D eigenvalue weighted by Gasteiger charge is 2.33. The fourth-order valence-corrected chi connectivity index (χ4v) is 4.45. The van der Waals surface area contributed by atoms with Crippen molar-refractivity contribution in [1.82, 2.24) is 15.1 Å². The van der Waals surface area contributed by atoms with E-state index in [4.69, 9.17) is 9.47 Å². The Morgan fingerprint density at radius 1 is 1.14 bits per heavy atom. The second-order valence-corrected chi connectivity index (χ2v) is 9.23. The van der Waals surface area contributed by atoms with Gasteiger partial charge in [0.25, 0.3) is 0 Å². The van der Waals surface area contributed by atoms with Gasteiger partial charge in [0.05, 0.1) is 19.8 Å². The minimum absolute atomic E-state index is 0. The summed E-state index contributed by atoms with van der Waals surface area (Å²) < 4.78 is 10.8. The van der Waals surface area contributed by atoms with Gasteiger partial charge in [-0.2, -0.15) is 0 Å². The maximum Gasteiger partial charge on any atom is 0.193 e. The van der Waals surface area contributed by atoms with Gasteiger partial charge in [-0.3, -0.25) is 9.89 Å². The lowest BCUT2D eigenvalue weighted by molar-refractivity contribution is 0.0478. The van der Waals surface area contributed by atoms with Crippen molar-refractivity contribution in [3.05, 3.63) is 0 Å². The molecule has 0 aliphatic carbocycles. The van der Waals surface area contributed by atoms with E-state index in [1.165, 1.54) is 19.5 Å². The van der Waals surface area contributed by atoms with Crippen molar-refractivity contribution in [2.24, 2.45) is 22.7 Å². The largest absolute Gasteiger partial charge is 0.382 e. The molecular weight excluding hydrogens is 467 g/mol. The Hall–Kier alpha value is -0.120. The summed E-state index contributed by atoms with van der Waals surface area (Å²) in [6.45, 7) is 17.0. The van der Waals surface area contributed by atoms with Crippen LogP contribution in [0, 0.1) is 17.8 Å². The molecule has 2 aliphatic heterocycles. The summed E-state index contributed by atoms with van der Waals surface area (Å²) in [6.07, 6.45) is 2.52. The van der Waals surface area contributed by atoms with Crippen molar-refractivity contribution < 1.29 is 9.47 Å². The zero-order valence-electron chi connectivity index (χ0n) is 18.9. The molecule has 0 saturated carbocycles. The summed E-state index contributed by atoms with van der Waals surface area (Å²) in [7, 11) is 3.60. The van der Waals surface area contributed by atoms with Crippen LogP contribution in [0.5, 0.6) is 0 Å². The first kappa shape index (κ1) is 25.9. The van der Waals surface area contributed by atoms with Gasteiger partial charge in [-0.1, -0.05) is 13.8 Å². The number of methoxy groups -OCH3 is 1. The lowest BCUT2D eigenvalue weighted by atomic mass is 9.88. The molecular formula is C21H43IN4O2. The molecule has 2 saturated heterocycles. The smallest absolute Gasteiger partial charge is 0.193 e. The predicted octanol–water partition coefficient (Wildman–Crippen LogP) is 2.92. The summed E-state index contributed by atoms with van der Waals surface area (Å²) in [5.74, 6) is 3.17. The topological polar surface area (TPSA) is 49.3 Å². The second kappa shape index (κ2) is 12.5. The Labute approximate surface area is 189 Å². The molecule has 0 aromatic rings. The molecule has 0 amide bonds. The molecule has 7 heteroatoms. The normalized spacial score (nSPS) is 27.0. The molecule has 6 nitrogen and oxygen atoms in total. The maximum atomic E-state index is 5.71. The number of halogens is 1. The number of hydrogen-bond donors (Lipinski definition) is 1. The number of piperidine rings is 1. The first-order chi connectivity index (χ1) is 12.9. The Morgan fingerprint density at radius 2 is 1.82 bits per heavy atom. The number of guanidine groups is 1. The molecule has 2 heterocycles. The number of nitrogens with zero attached hydrogens (tertiary/aromatic N) is 3. The summed E-state index contributed by atoms with van der Waals surface area (Å²) in [5.41, 5.74) is 0.126. The Bertz CT molecular complexity index is 465. The first-order valence-electron chi connectivity index (χ1n) is 10.6. The summed E-state index contributed by atoms with van der Waals surface area (Å²) in [4.78, 5) is 9.58. The van der Waals surface area contributed by atoms with E-state index >= 15 is 0 Å². The van der Waals surface area contributed by atoms with Crippen molar-refractivity contribution in [2.45, 2.75) is 46.1 Å². The molecule has 0 aromatic heterocycles. The van der Waals surface area contributed by atoms with E-state index in [0.717, 1.165) is 50.5 Å². The van der Waals surface area contributed by atoms with Crippen molar-refractivity contribution >= 4 is 29.9 Å². The van der Waals surface area contributed by atoms with Crippen LogP contribution in [0.25, 0.3) is 0 Å². The van der Waals surface area contributed by atoms with Crippen LogP contribution in [0.1, 0.15) is 40.5 Å². The highest BCUT2D eigenvalue weighted by atomic mass is 127. The van der Waals surface area contributed by atoms with E-state index in [2.05, 4.69) is 47.8 Å². The monoisotopic (exact) mass is 510 g/mol. The number of nitrogens with one attached hydrogen (secondary N) is 1. The molecule has 2 aliphatic rings. The van der Waals surface area contributed by atoms with Crippen molar-refractivity contribution in [3.8, 4) is 0 Å². The van der Waals surface area contributed by atoms with Gasteiger partial charge in [-0.25, -0.2) is 0 Å². The van der Waals surface area contributed by atoms with Crippen LogP contribution in [0.4, 0.5) is 0 Å². The minimum Gasteiger partial charge on any atom is -0.382 e. The molecule has 0 radical (unpaired) electrons. The van der Waals surface area contributed by atoms with Crippen LogP contribution in [0.3, 0.4) is 0 Å². The van der Waals surface area contributed by atoms with Gasteiger partial charge in [0.1, 0.15) is 0 Å². The lowest BCUT2D eigenvalue weighted by Gasteiger charge is -2.45. The van der Waals surface area contributed by atoms with Gasteiger partial charge in [0, 0.05) is 58.3 Å². The van der Waals surface area contributed by atoms with E-state index in [1.54, 1.807) is 7.11 Å². The van der Waals surface area contributed by atoms with E-state index in [1.807, 2.05) is 7.05 Å². The molecule has 0 bridgehead atoms. The highest BCUT2D eigenvalue weighted by molar-refractivity contribution is 14.0. The van der Waals surface area contributed by atoms with Crippen LogP contribution in [0.2, 0.25) is 0 Å². The predicted molar refractivity (Wildman–Crippen MR) is 128 cm³/mol. The van der Waals surface area contributed by atoms with Crippen LogP contribution in [-0.4, -0.2) is 88.0 Å². The van der Waals surface area contributed by atoms with Gasteiger partial charge in [-0.15, -0.1) is 24.0 Å². The van der Waals surface area contributed by atoms with Gasteiger partial charge >= 0.3 is 0 Å². The molecule has 0 aromatic carbocycles. The standard InChI is InChI=1S/C21H42N4O2.HI/c1-17-11-18(2)13-25(12-17)21(3,4)16-23-20(22-5)24-8-7-19(14-24)15-27-10-9-26-6;/h17-19H,7-16H2,1-6H3,(H,22,23);1H. The Balaban J connectivity index is 0.00000392. The molecule has 3 atom stereocenters. The molecule has 3 unspecified atom stereocenters. The van der Waals surface area contributed by atoms with Gasteiger partial charge in [0.15, 0.2) is 5.96 Å². The summed E-state index contributed by atoms with van der Waals surface area (Å²) in [5, 5.41) is 3.65. The number of ether oxygens (including phenoxy) is 2. The first-order valence-corrected chi connectivity index (χ1v) is 10.6. The highest BCUT2D eigenvalue weighted by Crippen LogP contribution is 2.27. The lowest BCUT2D eigenvalue weighted by Crippen LogP contribution is -2.57. The summed E-state index contributed by atoms with van der Waals surface area (Å²) in [6, 6.07) is 0. The van der Waals surface area contributed by atoms with Crippen LogP contribution < -0.4 is 5.32 Å². The fourth-order valence-electron chi connectivity index (χ4n) is 4.45. The fraction of sp³-hybridized carbons (Fsp3) is 0.952. The third-order valence-electron chi connectivity index (χ3n) is 5.99. The number of hydrogen-bond acceptors (Lipinski definition) is 4. The minimum atomic E-state index is 0. The van der Waals surface area contributed by atoms with Crippen LogP contribution in [0.15, 0.2) is 4.99 Å². The average Bonchev–Trinajstić information content (AvgIpc) is 3.07. The van der Waals surface area contributed by atoms with Gasteiger partial charge < -0.3 is 19.7 Å².